The summed E-state index contributed by atoms with van der Waals surface area (Å²) in [6.07, 6.45) is 7.62. The van der Waals surface area contributed by atoms with Gasteiger partial charge in [0.05, 0.1) is 5.56 Å². The van der Waals surface area contributed by atoms with Crippen LogP contribution in [0.5, 0.6) is 0 Å². The maximum Gasteiger partial charge on any atom is 0.258 e. The molecule has 1 aliphatic rings. The molecule has 4 rings (SSSR count). The number of benzene rings is 1. The van der Waals surface area contributed by atoms with E-state index in [0.29, 0.717) is 11.5 Å². The summed E-state index contributed by atoms with van der Waals surface area (Å²) in [5, 5.41) is 2.88. The van der Waals surface area contributed by atoms with E-state index < -0.39 is 0 Å². The molecule has 3 heterocycles. The van der Waals surface area contributed by atoms with Crippen LogP contribution >= 0.6 is 0 Å². The standard InChI is InChI=1S/C21H23N7O/c1-2-16-4-6-18(7-5-16)26-19(29)17-14-24-21(25-15-17)28-12-10-27(11-13-28)20-22-8-3-9-23-20/h3-9,14-15H,2,10-13H2,1H3,(H,26,29). The topological polar surface area (TPSA) is 87.1 Å². The van der Waals surface area contributed by atoms with Crippen LogP contribution in [0.3, 0.4) is 0 Å². The van der Waals surface area contributed by atoms with Gasteiger partial charge in [-0.05, 0) is 30.2 Å². The van der Waals surface area contributed by atoms with Gasteiger partial charge in [0.25, 0.3) is 5.91 Å². The van der Waals surface area contributed by atoms with E-state index in [1.54, 1.807) is 24.8 Å². The molecule has 1 N–H and O–H groups in total. The van der Waals surface area contributed by atoms with Crippen LogP contribution in [0.4, 0.5) is 17.6 Å². The average molecular weight is 389 g/mol. The summed E-state index contributed by atoms with van der Waals surface area (Å²) in [6, 6.07) is 9.64. The number of piperazine rings is 1. The monoisotopic (exact) mass is 389 g/mol. The Morgan fingerprint density at radius 1 is 0.897 bits per heavy atom. The number of nitrogens with zero attached hydrogens (tertiary/aromatic N) is 6. The number of nitrogens with one attached hydrogen (secondary N) is 1. The van der Waals surface area contributed by atoms with Gasteiger partial charge in [0, 0.05) is 56.7 Å². The summed E-state index contributed by atoms with van der Waals surface area (Å²) in [6.45, 7) is 5.23. The summed E-state index contributed by atoms with van der Waals surface area (Å²) >= 11 is 0. The van der Waals surface area contributed by atoms with Gasteiger partial charge in [-0.15, -0.1) is 0 Å². The highest BCUT2D eigenvalue weighted by Gasteiger charge is 2.20. The highest BCUT2D eigenvalue weighted by atomic mass is 16.1. The molecule has 8 nitrogen and oxygen atoms in total. The third kappa shape index (κ3) is 4.48. The lowest BCUT2D eigenvalue weighted by molar-refractivity contribution is 0.102. The second-order valence-electron chi connectivity index (χ2n) is 6.80. The number of aryl methyl sites for hydroxylation is 1. The van der Waals surface area contributed by atoms with Crippen LogP contribution in [0.1, 0.15) is 22.8 Å². The minimum Gasteiger partial charge on any atom is -0.337 e. The molecule has 0 saturated carbocycles. The Labute approximate surface area is 169 Å². The smallest absolute Gasteiger partial charge is 0.258 e. The number of anilines is 3. The molecule has 1 aromatic carbocycles. The highest BCUT2D eigenvalue weighted by molar-refractivity contribution is 6.03. The molecule has 2 aromatic heterocycles. The summed E-state index contributed by atoms with van der Waals surface area (Å²) in [7, 11) is 0. The van der Waals surface area contributed by atoms with E-state index in [1.807, 2.05) is 30.3 Å². The van der Waals surface area contributed by atoms with Gasteiger partial charge in [-0.1, -0.05) is 19.1 Å². The molecule has 1 aliphatic heterocycles. The molecular formula is C21H23N7O. The van der Waals surface area contributed by atoms with Gasteiger partial charge in [0.2, 0.25) is 11.9 Å². The number of aromatic nitrogens is 4. The largest absolute Gasteiger partial charge is 0.337 e. The Morgan fingerprint density at radius 3 is 2.00 bits per heavy atom. The van der Waals surface area contributed by atoms with Gasteiger partial charge >= 0.3 is 0 Å². The van der Waals surface area contributed by atoms with Gasteiger partial charge in [0.1, 0.15) is 0 Å². The fourth-order valence-electron chi connectivity index (χ4n) is 3.19. The van der Waals surface area contributed by atoms with Crippen molar-refractivity contribution >= 4 is 23.5 Å². The molecule has 0 spiro atoms. The van der Waals surface area contributed by atoms with Crippen LogP contribution in [-0.2, 0) is 6.42 Å². The van der Waals surface area contributed by atoms with Crippen LogP contribution in [0.25, 0.3) is 0 Å². The molecule has 148 valence electrons. The van der Waals surface area contributed by atoms with E-state index in [0.717, 1.165) is 44.2 Å². The Balaban J connectivity index is 1.34. The first kappa shape index (κ1) is 18.8. The molecule has 0 atom stereocenters. The van der Waals surface area contributed by atoms with Crippen LogP contribution < -0.4 is 15.1 Å². The lowest BCUT2D eigenvalue weighted by atomic mass is 10.1. The quantitative estimate of drug-likeness (QED) is 0.717. The van der Waals surface area contributed by atoms with Crippen LogP contribution in [0.2, 0.25) is 0 Å². The Bertz CT molecular complexity index is 937. The summed E-state index contributed by atoms with van der Waals surface area (Å²) < 4.78 is 0. The van der Waals surface area contributed by atoms with Crippen molar-refractivity contribution in [2.75, 3.05) is 41.3 Å². The summed E-state index contributed by atoms with van der Waals surface area (Å²) in [5.41, 5.74) is 2.43. The van der Waals surface area contributed by atoms with Gasteiger partial charge in [-0.2, -0.15) is 0 Å². The van der Waals surface area contributed by atoms with Crippen molar-refractivity contribution in [2.45, 2.75) is 13.3 Å². The Kier molecular flexibility index (Phi) is 5.60. The molecule has 0 unspecified atom stereocenters. The maximum atomic E-state index is 12.4. The zero-order valence-electron chi connectivity index (χ0n) is 16.3. The lowest BCUT2D eigenvalue weighted by Gasteiger charge is -2.34. The fourth-order valence-corrected chi connectivity index (χ4v) is 3.19. The number of amides is 1. The normalized spacial score (nSPS) is 14.0. The van der Waals surface area contributed by atoms with Gasteiger partial charge < -0.3 is 15.1 Å². The first-order valence-electron chi connectivity index (χ1n) is 9.72. The molecule has 0 aliphatic carbocycles. The van der Waals surface area contributed by atoms with E-state index >= 15 is 0 Å². The molecular weight excluding hydrogens is 366 g/mol. The molecule has 0 radical (unpaired) electrons. The van der Waals surface area contributed by atoms with E-state index in [4.69, 9.17) is 0 Å². The number of hydrogen-bond donors (Lipinski definition) is 1. The predicted octanol–water partition coefficient (Wildman–Crippen LogP) is 2.41. The summed E-state index contributed by atoms with van der Waals surface area (Å²) in [5.74, 6) is 1.15. The Morgan fingerprint density at radius 2 is 1.45 bits per heavy atom. The molecule has 1 amide bonds. The van der Waals surface area contributed by atoms with Crippen molar-refractivity contribution in [3.63, 3.8) is 0 Å². The van der Waals surface area contributed by atoms with Crippen molar-refractivity contribution in [1.29, 1.82) is 0 Å². The Hall–Kier alpha value is -3.55. The molecule has 29 heavy (non-hydrogen) atoms. The first-order chi connectivity index (χ1) is 14.2. The second kappa shape index (κ2) is 8.64. The molecule has 1 fully saturated rings. The van der Waals surface area contributed by atoms with Crippen molar-refractivity contribution in [1.82, 2.24) is 19.9 Å². The average Bonchev–Trinajstić information content (AvgIpc) is 2.80. The van der Waals surface area contributed by atoms with E-state index in [-0.39, 0.29) is 5.91 Å². The third-order valence-corrected chi connectivity index (χ3v) is 4.92. The van der Waals surface area contributed by atoms with E-state index in [2.05, 4.69) is 42.0 Å². The van der Waals surface area contributed by atoms with Gasteiger partial charge in [-0.25, -0.2) is 19.9 Å². The fraction of sp³-hybridized carbons (Fsp3) is 0.286. The van der Waals surface area contributed by atoms with Crippen molar-refractivity contribution in [3.8, 4) is 0 Å². The number of carbonyl (C=O) groups excluding carboxylic acids is 1. The van der Waals surface area contributed by atoms with Gasteiger partial charge in [0.15, 0.2) is 0 Å². The molecule has 1 saturated heterocycles. The minimum absolute atomic E-state index is 0.216. The number of hydrogen-bond acceptors (Lipinski definition) is 7. The molecule has 0 bridgehead atoms. The van der Waals surface area contributed by atoms with Crippen molar-refractivity contribution in [2.24, 2.45) is 0 Å². The first-order valence-corrected chi connectivity index (χ1v) is 9.72. The van der Waals surface area contributed by atoms with Crippen LogP contribution in [0.15, 0.2) is 55.1 Å². The SMILES string of the molecule is CCc1ccc(NC(=O)c2cnc(N3CCN(c4ncccn4)CC3)nc2)cc1. The van der Waals surface area contributed by atoms with E-state index in [9.17, 15) is 4.79 Å². The van der Waals surface area contributed by atoms with Crippen LogP contribution in [0, 0.1) is 0 Å². The third-order valence-electron chi connectivity index (χ3n) is 4.92. The maximum absolute atomic E-state index is 12.4. The number of rotatable bonds is 5. The molecule has 8 heteroatoms. The second-order valence-corrected chi connectivity index (χ2v) is 6.80. The lowest BCUT2D eigenvalue weighted by Crippen LogP contribution is -2.47. The van der Waals surface area contributed by atoms with E-state index in [1.165, 1.54) is 5.56 Å². The van der Waals surface area contributed by atoms with Gasteiger partial charge in [-0.3, -0.25) is 4.79 Å². The number of carbonyl (C=O) groups is 1. The highest BCUT2D eigenvalue weighted by Crippen LogP contribution is 2.15. The van der Waals surface area contributed by atoms with Crippen molar-refractivity contribution < 1.29 is 4.79 Å². The minimum atomic E-state index is -0.216. The zero-order chi connectivity index (χ0) is 20.1. The summed E-state index contributed by atoms with van der Waals surface area (Å²) in [4.78, 5) is 34.1. The zero-order valence-corrected chi connectivity index (χ0v) is 16.3. The predicted molar refractivity (Wildman–Crippen MR) is 112 cm³/mol. The van der Waals surface area contributed by atoms with Crippen LogP contribution in [-0.4, -0.2) is 52.0 Å². The molecule has 3 aromatic rings. The van der Waals surface area contributed by atoms with Crippen molar-refractivity contribution in [3.05, 3.63) is 66.2 Å².